The van der Waals surface area contributed by atoms with Gasteiger partial charge in [-0.25, -0.2) is 8.42 Å². The first kappa shape index (κ1) is 24.2. The van der Waals surface area contributed by atoms with Crippen LogP contribution in [0.5, 0.6) is 0 Å². The van der Waals surface area contributed by atoms with Crippen LogP contribution in [0.15, 0.2) is 41.3 Å². The van der Waals surface area contributed by atoms with E-state index in [2.05, 4.69) is 23.5 Å². The number of nitrogens with zero attached hydrogens (tertiary/aromatic N) is 1. The smallest absolute Gasteiger partial charge is 0.253 e. The molecule has 1 heterocycles. The molecule has 7 heteroatoms. The fraction of sp³-hybridized carbons (Fsp3) is 0.500. The first-order valence-electron chi connectivity index (χ1n) is 12.1. The maximum Gasteiger partial charge on any atom is 0.253 e. The molecule has 0 spiro atoms. The first-order valence-corrected chi connectivity index (χ1v) is 13.9. The summed E-state index contributed by atoms with van der Waals surface area (Å²) in [6.45, 7) is 3.07. The lowest BCUT2D eigenvalue weighted by molar-refractivity contribution is 0.0935. The van der Waals surface area contributed by atoms with Crippen molar-refractivity contribution >= 4 is 27.5 Å². The van der Waals surface area contributed by atoms with E-state index >= 15 is 0 Å². The molecule has 33 heavy (non-hydrogen) atoms. The van der Waals surface area contributed by atoms with Crippen LogP contribution >= 0.6 is 11.6 Å². The van der Waals surface area contributed by atoms with E-state index in [0.717, 1.165) is 50.5 Å². The molecular weight excluding hydrogens is 456 g/mol. The van der Waals surface area contributed by atoms with Gasteiger partial charge >= 0.3 is 0 Å². The van der Waals surface area contributed by atoms with Crippen LogP contribution in [0, 0.1) is 0 Å². The minimum absolute atomic E-state index is 0.126. The molecular formula is C26H33ClN2O3S. The SMILES string of the molecule is CC[C@H](NC(=O)c1cc(S(=O)(=O)N2CCCCCC2)ccc1Cl)c1ccc2c(c1)CCCC2. The molecule has 0 radical (unpaired) electrons. The van der Waals surface area contributed by atoms with Crippen LogP contribution in [0.3, 0.4) is 0 Å². The highest BCUT2D eigenvalue weighted by molar-refractivity contribution is 7.89. The highest BCUT2D eigenvalue weighted by Gasteiger charge is 2.27. The van der Waals surface area contributed by atoms with E-state index in [-0.39, 0.29) is 27.4 Å². The minimum Gasteiger partial charge on any atom is -0.345 e. The van der Waals surface area contributed by atoms with Crippen LogP contribution in [-0.4, -0.2) is 31.7 Å². The predicted molar refractivity (Wildman–Crippen MR) is 132 cm³/mol. The van der Waals surface area contributed by atoms with Crippen molar-refractivity contribution in [2.75, 3.05) is 13.1 Å². The monoisotopic (exact) mass is 488 g/mol. The standard InChI is InChI=1S/C26H33ClN2O3S/c1-2-25(21-12-11-19-9-5-6-10-20(19)17-21)28-26(30)23-18-22(13-14-24(23)27)33(31,32)29-15-7-3-4-8-16-29/h11-14,17-18,25H,2-10,15-16H2,1H3,(H,28,30)/t25-/m0/s1. The molecule has 4 rings (SSSR count). The van der Waals surface area contributed by atoms with Crippen molar-refractivity contribution in [2.45, 2.75) is 75.6 Å². The van der Waals surface area contributed by atoms with E-state index in [9.17, 15) is 13.2 Å². The number of aryl methyl sites for hydroxylation is 2. The molecule has 1 aliphatic heterocycles. The summed E-state index contributed by atoms with van der Waals surface area (Å²) in [5.41, 5.74) is 4.05. The number of amides is 1. The summed E-state index contributed by atoms with van der Waals surface area (Å²) >= 11 is 6.35. The fourth-order valence-corrected chi connectivity index (χ4v) is 6.64. The van der Waals surface area contributed by atoms with Gasteiger partial charge in [0.05, 0.1) is 21.5 Å². The van der Waals surface area contributed by atoms with E-state index in [0.29, 0.717) is 13.1 Å². The average molecular weight is 489 g/mol. The lowest BCUT2D eigenvalue weighted by atomic mass is 9.88. The summed E-state index contributed by atoms with van der Waals surface area (Å²) in [6, 6.07) is 10.8. The lowest BCUT2D eigenvalue weighted by Gasteiger charge is -2.23. The Morgan fingerprint density at radius 1 is 0.970 bits per heavy atom. The number of sulfonamides is 1. The highest BCUT2D eigenvalue weighted by Crippen LogP contribution is 2.28. The number of carbonyl (C=O) groups is 1. The van der Waals surface area contributed by atoms with E-state index in [1.807, 2.05) is 6.92 Å². The van der Waals surface area contributed by atoms with Gasteiger partial charge in [0.1, 0.15) is 0 Å². The molecule has 2 aromatic rings. The predicted octanol–water partition coefficient (Wildman–Crippen LogP) is 5.66. The van der Waals surface area contributed by atoms with Gasteiger partial charge in [0.25, 0.3) is 5.91 Å². The Morgan fingerprint density at radius 2 is 1.67 bits per heavy atom. The van der Waals surface area contributed by atoms with Gasteiger partial charge in [-0.2, -0.15) is 4.31 Å². The summed E-state index contributed by atoms with van der Waals surface area (Å²) in [7, 11) is -3.66. The van der Waals surface area contributed by atoms with Gasteiger partial charge in [-0.3, -0.25) is 4.79 Å². The molecule has 1 aliphatic carbocycles. The molecule has 1 N–H and O–H groups in total. The number of fused-ring (bicyclic) bond motifs is 1. The molecule has 0 unspecified atom stereocenters. The van der Waals surface area contributed by atoms with Gasteiger partial charge in [-0.15, -0.1) is 0 Å². The molecule has 1 amide bonds. The maximum absolute atomic E-state index is 13.2. The zero-order valence-corrected chi connectivity index (χ0v) is 20.9. The topological polar surface area (TPSA) is 66.5 Å². The van der Waals surface area contributed by atoms with Crippen LogP contribution in [0.1, 0.15) is 85.0 Å². The van der Waals surface area contributed by atoms with Crippen molar-refractivity contribution in [3.8, 4) is 0 Å². The Balaban J connectivity index is 1.56. The Labute approximate surface area is 202 Å². The Morgan fingerprint density at radius 3 is 2.36 bits per heavy atom. The fourth-order valence-electron chi connectivity index (χ4n) is 4.90. The lowest BCUT2D eigenvalue weighted by Crippen LogP contribution is -2.32. The van der Waals surface area contributed by atoms with Crippen LogP contribution < -0.4 is 5.32 Å². The minimum atomic E-state index is -3.66. The van der Waals surface area contributed by atoms with Gasteiger partial charge < -0.3 is 5.32 Å². The molecule has 1 atom stereocenters. The number of nitrogens with one attached hydrogen (secondary N) is 1. The first-order chi connectivity index (χ1) is 15.9. The molecule has 1 fully saturated rings. The largest absolute Gasteiger partial charge is 0.345 e. The van der Waals surface area contributed by atoms with Crippen molar-refractivity contribution in [1.29, 1.82) is 0 Å². The third-order valence-corrected chi connectivity index (χ3v) is 9.10. The Bertz CT molecular complexity index is 1110. The quantitative estimate of drug-likeness (QED) is 0.570. The van der Waals surface area contributed by atoms with Crippen LogP contribution in [0.4, 0.5) is 0 Å². The molecule has 0 saturated carbocycles. The van der Waals surface area contributed by atoms with E-state index in [1.54, 1.807) is 0 Å². The second-order valence-electron chi connectivity index (χ2n) is 9.13. The number of rotatable bonds is 6. The summed E-state index contributed by atoms with van der Waals surface area (Å²) in [5, 5.41) is 3.34. The van der Waals surface area contributed by atoms with E-state index in [1.165, 1.54) is 46.5 Å². The number of benzene rings is 2. The second-order valence-corrected chi connectivity index (χ2v) is 11.5. The average Bonchev–Trinajstić information content (AvgIpc) is 3.12. The van der Waals surface area contributed by atoms with Gasteiger partial charge in [0, 0.05) is 13.1 Å². The zero-order valence-electron chi connectivity index (χ0n) is 19.3. The van der Waals surface area contributed by atoms with Crippen LogP contribution in [-0.2, 0) is 22.9 Å². The van der Waals surface area contributed by atoms with Gasteiger partial charge in [-0.1, -0.05) is 49.6 Å². The Kier molecular flexibility index (Phi) is 7.77. The van der Waals surface area contributed by atoms with Gasteiger partial charge in [0.15, 0.2) is 0 Å². The third kappa shape index (κ3) is 5.44. The third-order valence-electron chi connectivity index (χ3n) is 6.87. The van der Waals surface area contributed by atoms with Gasteiger partial charge in [-0.05, 0) is 79.8 Å². The van der Waals surface area contributed by atoms with Crippen molar-refractivity contribution < 1.29 is 13.2 Å². The summed E-state index contributed by atoms with van der Waals surface area (Å²) in [6.07, 6.45) is 9.17. The summed E-state index contributed by atoms with van der Waals surface area (Å²) in [4.78, 5) is 13.3. The number of halogens is 1. The Hall–Kier alpha value is -1.89. The second kappa shape index (κ2) is 10.6. The van der Waals surface area contributed by atoms with Gasteiger partial charge in [0.2, 0.25) is 10.0 Å². The number of hydrogen-bond acceptors (Lipinski definition) is 3. The summed E-state index contributed by atoms with van der Waals surface area (Å²) < 4.78 is 28.0. The summed E-state index contributed by atoms with van der Waals surface area (Å²) in [5.74, 6) is -0.350. The molecule has 1 saturated heterocycles. The highest BCUT2D eigenvalue weighted by atomic mass is 35.5. The molecule has 2 aromatic carbocycles. The number of carbonyl (C=O) groups excluding carboxylic acids is 1. The molecule has 0 aromatic heterocycles. The maximum atomic E-state index is 13.2. The van der Waals surface area contributed by atoms with Crippen molar-refractivity contribution in [3.05, 3.63) is 63.7 Å². The molecule has 5 nitrogen and oxygen atoms in total. The molecule has 0 bridgehead atoms. The van der Waals surface area contributed by atoms with Crippen LogP contribution in [0.2, 0.25) is 5.02 Å². The van der Waals surface area contributed by atoms with Crippen LogP contribution in [0.25, 0.3) is 0 Å². The normalized spacial score (nSPS) is 18.2. The van der Waals surface area contributed by atoms with Crippen molar-refractivity contribution in [2.24, 2.45) is 0 Å². The molecule has 2 aliphatic rings. The van der Waals surface area contributed by atoms with E-state index < -0.39 is 10.0 Å². The van der Waals surface area contributed by atoms with Crippen molar-refractivity contribution in [3.63, 3.8) is 0 Å². The molecule has 178 valence electrons. The van der Waals surface area contributed by atoms with Crippen molar-refractivity contribution in [1.82, 2.24) is 9.62 Å². The zero-order chi connectivity index (χ0) is 23.4. The number of hydrogen-bond donors (Lipinski definition) is 1. The van der Waals surface area contributed by atoms with E-state index in [4.69, 9.17) is 11.6 Å².